The van der Waals surface area contributed by atoms with Gasteiger partial charge in [-0.05, 0) is 19.2 Å². The van der Waals surface area contributed by atoms with Gasteiger partial charge in [0, 0.05) is 42.3 Å². The van der Waals surface area contributed by atoms with E-state index in [9.17, 15) is 10.1 Å². The Labute approximate surface area is 117 Å². The average molecular weight is 292 g/mol. The van der Waals surface area contributed by atoms with Gasteiger partial charge in [-0.25, -0.2) is 0 Å². The van der Waals surface area contributed by atoms with Crippen molar-refractivity contribution in [2.24, 2.45) is 0 Å². The molecule has 7 heteroatoms. The molecule has 0 atom stereocenters. The second-order valence-corrected chi connectivity index (χ2v) is 4.69. The quantitative estimate of drug-likeness (QED) is 0.682. The molecule has 0 aromatic heterocycles. The van der Waals surface area contributed by atoms with Gasteiger partial charge in [0.1, 0.15) is 0 Å². The summed E-state index contributed by atoms with van der Waals surface area (Å²) in [4.78, 5) is 12.7. The van der Waals surface area contributed by atoms with Crippen LogP contribution in [-0.4, -0.2) is 36.0 Å². The van der Waals surface area contributed by atoms with Crippen molar-refractivity contribution in [3.8, 4) is 0 Å². The fourth-order valence-corrected chi connectivity index (χ4v) is 1.99. The van der Waals surface area contributed by atoms with Crippen molar-refractivity contribution in [2.45, 2.75) is 12.6 Å². The van der Waals surface area contributed by atoms with Crippen LogP contribution in [0.1, 0.15) is 5.56 Å². The van der Waals surface area contributed by atoms with E-state index in [0.29, 0.717) is 23.2 Å². The fraction of sp³-hybridized carbons (Fsp3) is 0.455. The Balaban J connectivity index is 0.00000162. The monoisotopic (exact) mass is 291 g/mol. The molecule has 1 saturated heterocycles. The maximum absolute atomic E-state index is 10.9. The highest BCUT2D eigenvalue weighted by Gasteiger charge is 2.23. The third-order valence-electron chi connectivity index (χ3n) is 3.05. The van der Waals surface area contributed by atoms with Crippen LogP contribution in [0, 0.1) is 10.1 Å². The zero-order chi connectivity index (χ0) is 12.4. The lowest BCUT2D eigenvalue weighted by molar-refractivity contribution is -0.385. The van der Waals surface area contributed by atoms with E-state index in [1.807, 2.05) is 7.05 Å². The molecule has 1 heterocycles. The summed E-state index contributed by atoms with van der Waals surface area (Å²) in [6.45, 7) is 2.45. The Morgan fingerprint density at radius 2 is 2.22 bits per heavy atom. The fourth-order valence-electron chi connectivity index (χ4n) is 1.82. The first kappa shape index (κ1) is 15.2. The molecule has 0 aliphatic carbocycles. The Morgan fingerprint density at radius 3 is 2.72 bits per heavy atom. The largest absolute Gasteiger partial charge is 0.314 e. The lowest BCUT2D eigenvalue weighted by atomic mass is 10.1. The molecule has 0 amide bonds. The zero-order valence-corrected chi connectivity index (χ0v) is 11.5. The standard InChI is InChI=1S/C11H14ClN3O2.ClH/c1-14(10-5-13-6-10)7-8-2-3-9(12)4-11(8)15(16)17;/h2-4,10,13H,5-7H2,1H3;1H. The van der Waals surface area contributed by atoms with Crippen LogP contribution in [0.3, 0.4) is 0 Å². The van der Waals surface area contributed by atoms with Gasteiger partial charge >= 0.3 is 0 Å². The van der Waals surface area contributed by atoms with Crippen molar-refractivity contribution in [3.05, 3.63) is 38.9 Å². The first-order valence-corrected chi connectivity index (χ1v) is 5.79. The van der Waals surface area contributed by atoms with E-state index in [4.69, 9.17) is 11.6 Å². The maximum atomic E-state index is 10.9. The van der Waals surface area contributed by atoms with Crippen LogP contribution in [0.5, 0.6) is 0 Å². The zero-order valence-electron chi connectivity index (χ0n) is 9.93. The number of benzene rings is 1. The number of halogens is 2. The third kappa shape index (κ3) is 3.32. The number of nitrogens with one attached hydrogen (secondary N) is 1. The van der Waals surface area contributed by atoms with Gasteiger partial charge in [-0.3, -0.25) is 15.0 Å². The molecule has 1 aromatic carbocycles. The summed E-state index contributed by atoms with van der Waals surface area (Å²) in [5.74, 6) is 0. The van der Waals surface area contributed by atoms with Gasteiger partial charge < -0.3 is 5.32 Å². The molecule has 0 spiro atoms. The van der Waals surface area contributed by atoms with Crippen molar-refractivity contribution in [2.75, 3.05) is 20.1 Å². The molecule has 1 N–H and O–H groups in total. The number of rotatable bonds is 4. The smallest absolute Gasteiger partial charge is 0.275 e. The van der Waals surface area contributed by atoms with Crippen molar-refractivity contribution < 1.29 is 4.92 Å². The van der Waals surface area contributed by atoms with Crippen LogP contribution in [-0.2, 0) is 6.54 Å². The summed E-state index contributed by atoms with van der Waals surface area (Å²) in [5.41, 5.74) is 0.797. The Kier molecular flexibility index (Phi) is 5.34. The molecule has 2 rings (SSSR count). The predicted octanol–water partition coefficient (Wildman–Crippen LogP) is 2.07. The maximum Gasteiger partial charge on any atom is 0.275 e. The number of hydrogen-bond acceptors (Lipinski definition) is 4. The summed E-state index contributed by atoms with van der Waals surface area (Å²) in [6, 6.07) is 5.29. The van der Waals surface area contributed by atoms with Gasteiger partial charge in [-0.1, -0.05) is 11.6 Å². The van der Waals surface area contributed by atoms with Gasteiger partial charge in [-0.2, -0.15) is 0 Å². The normalized spacial score (nSPS) is 15.1. The topological polar surface area (TPSA) is 58.4 Å². The number of nitrogens with zero attached hydrogens (tertiary/aromatic N) is 2. The van der Waals surface area contributed by atoms with Gasteiger partial charge in [0.25, 0.3) is 5.69 Å². The number of likely N-dealkylation sites (N-methyl/N-ethyl adjacent to an activating group) is 1. The van der Waals surface area contributed by atoms with E-state index in [0.717, 1.165) is 13.1 Å². The molecule has 100 valence electrons. The van der Waals surface area contributed by atoms with Crippen LogP contribution < -0.4 is 5.32 Å². The summed E-state index contributed by atoms with van der Waals surface area (Å²) in [6.07, 6.45) is 0. The molecule has 0 saturated carbocycles. The Morgan fingerprint density at radius 1 is 1.56 bits per heavy atom. The molecule has 18 heavy (non-hydrogen) atoms. The van der Waals surface area contributed by atoms with Gasteiger partial charge in [-0.15, -0.1) is 12.4 Å². The molecule has 1 aromatic rings. The van der Waals surface area contributed by atoms with Crippen LogP contribution >= 0.6 is 24.0 Å². The van der Waals surface area contributed by atoms with Crippen LogP contribution in [0.4, 0.5) is 5.69 Å². The van der Waals surface area contributed by atoms with E-state index < -0.39 is 0 Å². The Hall–Kier alpha value is -0.880. The minimum Gasteiger partial charge on any atom is -0.314 e. The highest BCUT2D eigenvalue weighted by molar-refractivity contribution is 6.30. The minimum atomic E-state index is -0.381. The highest BCUT2D eigenvalue weighted by atomic mass is 35.5. The van der Waals surface area contributed by atoms with Crippen LogP contribution in [0.2, 0.25) is 5.02 Å². The number of nitro groups is 1. The predicted molar refractivity (Wildman–Crippen MR) is 73.5 cm³/mol. The van der Waals surface area contributed by atoms with Crippen molar-refractivity contribution in [1.82, 2.24) is 10.2 Å². The van der Waals surface area contributed by atoms with E-state index in [2.05, 4.69) is 10.2 Å². The number of hydrogen-bond donors (Lipinski definition) is 1. The molecular formula is C11H15Cl2N3O2. The summed E-state index contributed by atoms with van der Waals surface area (Å²) < 4.78 is 0. The average Bonchev–Trinajstić information content (AvgIpc) is 2.17. The minimum absolute atomic E-state index is 0. The summed E-state index contributed by atoms with van der Waals surface area (Å²) >= 11 is 5.77. The SMILES string of the molecule is CN(Cc1ccc(Cl)cc1[N+](=O)[O-])C1CNC1.Cl. The first-order chi connectivity index (χ1) is 8.08. The van der Waals surface area contributed by atoms with Crippen molar-refractivity contribution in [1.29, 1.82) is 0 Å². The van der Waals surface area contributed by atoms with Gasteiger partial charge in [0.15, 0.2) is 0 Å². The number of nitro benzene ring substituents is 1. The molecule has 1 aliphatic rings. The van der Waals surface area contributed by atoms with Gasteiger partial charge in [0.2, 0.25) is 0 Å². The first-order valence-electron chi connectivity index (χ1n) is 5.41. The van der Waals surface area contributed by atoms with E-state index in [-0.39, 0.29) is 23.0 Å². The van der Waals surface area contributed by atoms with Crippen LogP contribution in [0.15, 0.2) is 18.2 Å². The highest BCUT2D eigenvalue weighted by Crippen LogP contribution is 2.24. The third-order valence-corrected chi connectivity index (χ3v) is 3.28. The van der Waals surface area contributed by atoms with Gasteiger partial charge in [0.05, 0.1) is 4.92 Å². The lowest BCUT2D eigenvalue weighted by Gasteiger charge is -2.35. The second-order valence-electron chi connectivity index (χ2n) is 4.26. The second kappa shape index (κ2) is 6.33. The molecule has 5 nitrogen and oxygen atoms in total. The molecular weight excluding hydrogens is 277 g/mol. The van der Waals surface area contributed by atoms with Crippen LogP contribution in [0.25, 0.3) is 0 Å². The molecule has 0 unspecified atom stereocenters. The van der Waals surface area contributed by atoms with E-state index in [1.165, 1.54) is 6.07 Å². The Bertz CT molecular complexity index is 438. The van der Waals surface area contributed by atoms with Crippen molar-refractivity contribution in [3.63, 3.8) is 0 Å². The molecule has 1 aliphatic heterocycles. The summed E-state index contributed by atoms with van der Waals surface area (Å²) in [7, 11) is 1.98. The molecule has 0 bridgehead atoms. The van der Waals surface area contributed by atoms with Crippen molar-refractivity contribution >= 4 is 29.7 Å². The lowest BCUT2D eigenvalue weighted by Crippen LogP contribution is -2.55. The molecule has 0 radical (unpaired) electrons. The molecule has 1 fully saturated rings. The van der Waals surface area contributed by atoms with E-state index >= 15 is 0 Å². The summed E-state index contributed by atoms with van der Waals surface area (Å²) in [5, 5.41) is 14.5. The van der Waals surface area contributed by atoms with E-state index in [1.54, 1.807) is 12.1 Å².